The molecule has 0 radical (unpaired) electrons. The van der Waals surface area contributed by atoms with E-state index in [1.54, 1.807) is 13.8 Å². The molecule has 3 amide bonds. The number of carboxylic acid groups (broad SMARTS) is 2. The summed E-state index contributed by atoms with van der Waals surface area (Å²) in [6.07, 6.45) is -1.95. The normalized spacial score (nSPS) is 15.2. The summed E-state index contributed by atoms with van der Waals surface area (Å²) in [5.41, 5.74) is 5.49. The molecule has 12 heteroatoms. The van der Waals surface area contributed by atoms with Crippen LogP contribution in [0.3, 0.4) is 0 Å². The lowest BCUT2D eigenvalue weighted by Crippen LogP contribution is -2.57. The SMILES string of the molecule is CC(C)C(NC(=O)C(N)C(C)O)C(=O)NCC(=O)NC(CC(=O)O)C(=O)O. The topological polar surface area (TPSA) is 208 Å². The van der Waals surface area contributed by atoms with Crippen LogP contribution in [-0.4, -0.2) is 75.8 Å². The summed E-state index contributed by atoms with van der Waals surface area (Å²) in [4.78, 5) is 57.3. The molecule has 4 unspecified atom stereocenters. The Labute approximate surface area is 155 Å². The van der Waals surface area contributed by atoms with Crippen LogP contribution in [0.25, 0.3) is 0 Å². The lowest BCUT2D eigenvalue weighted by Gasteiger charge is -2.24. The van der Waals surface area contributed by atoms with E-state index in [-0.39, 0.29) is 5.92 Å². The third-order valence-corrected chi connectivity index (χ3v) is 3.50. The van der Waals surface area contributed by atoms with Gasteiger partial charge in [-0.15, -0.1) is 0 Å². The van der Waals surface area contributed by atoms with Gasteiger partial charge in [-0.3, -0.25) is 19.2 Å². The molecule has 12 nitrogen and oxygen atoms in total. The monoisotopic (exact) mass is 390 g/mol. The van der Waals surface area contributed by atoms with Crippen molar-refractivity contribution in [3.63, 3.8) is 0 Å². The van der Waals surface area contributed by atoms with Gasteiger partial charge < -0.3 is 37.0 Å². The highest BCUT2D eigenvalue weighted by Gasteiger charge is 2.29. The largest absolute Gasteiger partial charge is 0.481 e. The van der Waals surface area contributed by atoms with Crippen molar-refractivity contribution >= 4 is 29.7 Å². The molecule has 0 aromatic carbocycles. The van der Waals surface area contributed by atoms with Crippen molar-refractivity contribution in [1.82, 2.24) is 16.0 Å². The number of aliphatic hydroxyl groups excluding tert-OH is 1. The summed E-state index contributed by atoms with van der Waals surface area (Å²) in [5.74, 6) is -5.71. The van der Waals surface area contributed by atoms with E-state index < -0.39 is 66.9 Å². The van der Waals surface area contributed by atoms with Gasteiger partial charge in [0.05, 0.1) is 19.1 Å². The third-order valence-electron chi connectivity index (χ3n) is 3.50. The molecule has 0 heterocycles. The average molecular weight is 390 g/mol. The molecular formula is C15H26N4O8. The minimum absolute atomic E-state index is 0.378. The van der Waals surface area contributed by atoms with Crippen molar-refractivity contribution in [3.05, 3.63) is 0 Å². The Morgan fingerprint density at radius 3 is 1.93 bits per heavy atom. The second-order valence-corrected chi connectivity index (χ2v) is 6.27. The van der Waals surface area contributed by atoms with Gasteiger partial charge in [0.25, 0.3) is 0 Å². The summed E-state index contributed by atoms with van der Waals surface area (Å²) >= 11 is 0. The van der Waals surface area contributed by atoms with E-state index in [0.717, 1.165) is 0 Å². The molecule has 0 bridgehead atoms. The molecule has 0 aliphatic rings. The van der Waals surface area contributed by atoms with Crippen molar-refractivity contribution in [2.24, 2.45) is 11.7 Å². The Morgan fingerprint density at radius 2 is 1.52 bits per heavy atom. The molecule has 4 atom stereocenters. The van der Waals surface area contributed by atoms with Crippen LogP contribution in [0, 0.1) is 5.92 Å². The first-order valence-corrected chi connectivity index (χ1v) is 8.12. The smallest absolute Gasteiger partial charge is 0.326 e. The minimum atomic E-state index is -1.64. The first-order chi connectivity index (χ1) is 12.4. The van der Waals surface area contributed by atoms with Crippen LogP contribution in [0.4, 0.5) is 0 Å². The van der Waals surface area contributed by atoms with Crippen molar-refractivity contribution in [3.8, 4) is 0 Å². The second-order valence-electron chi connectivity index (χ2n) is 6.27. The zero-order valence-corrected chi connectivity index (χ0v) is 15.3. The molecule has 0 fully saturated rings. The fourth-order valence-electron chi connectivity index (χ4n) is 1.90. The van der Waals surface area contributed by atoms with Gasteiger partial charge in [0.2, 0.25) is 17.7 Å². The zero-order valence-electron chi connectivity index (χ0n) is 15.3. The zero-order chi connectivity index (χ0) is 21.3. The Balaban J connectivity index is 4.77. The van der Waals surface area contributed by atoms with Crippen LogP contribution in [0.15, 0.2) is 0 Å². The highest BCUT2D eigenvalue weighted by Crippen LogP contribution is 2.03. The fourth-order valence-corrected chi connectivity index (χ4v) is 1.90. The van der Waals surface area contributed by atoms with Gasteiger partial charge in [0.1, 0.15) is 18.1 Å². The fraction of sp³-hybridized carbons (Fsp3) is 0.667. The van der Waals surface area contributed by atoms with Crippen LogP contribution in [-0.2, 0) is 24.0 Å². The molecule has 0 spiro atoms. The van der Waals surface area contributed by atoms with E-state index in [2.05, 4.69) is 10.6 Å². The van der Waals surface area contributed by atoms with E-state index >= 15 is 0 Å². The molecule has 0 saturated carbocycles. The summed E-state index contributed by atoms with van der Waals surface area (Å²) < 4.78 is 0. The first kappa shape index (κ1) is 24.3. The van der Waals surface area contributed by atoms with E-state index in [1.807, 2.05) is 5.32 Å². The van der Waals surface area contributed by atoms with Gasteiger partial charge in [0, 0.05) is 0 Å². The number of aliphatic carboxylic acids is 2. The Bertz CT molecular complexity index is 578. The van der Waals surface area contributed by atoms with Gasteiger partial charge in [-0.1, -0.05) is 13.8 Å². The minimum Gasteiger partial charge on any atom is -0.481 e. The van der Waals surface area contributed by atoms with Gasteiger partial charge in [0.15, 0.2) is 0 Å². The quantitative estimate of drug-likeness (QED) is 0.191. The highest BCUT2D eigenvalue weighted by molar-refractivity contribution is 5.93. The van der Waals surface area contributed by atoms with Crippen molar-refractivity contribution in [1.29, 1.82) is 0 Å². The first-order valence-electron chi connectivity index (χ1n) is 8.12. The van der Waals surface area contributed by atoms with Crippen molar-refractivity contribution in [2.75, 3.05) is 6.54 Å². The molecule has 0 aromatic heterocycles. The predicted octanol–water partition coefficient (Wildman–Crippen LogP) is -3.00. The van der Waals surface area contributed by atoms with Crippen LogP contribution >= 0.6 is 0 Å². The van der Waals surface area contributed by atoms with E-state index in [1.165, 1.54) is 6.92 Å². The van der Waals surface area contributed by atoms with Gasteiger partial charge >= 0.3 is 11.9 Å². The molecule has 154 valence electrons. The average Bonchev–Trinajstić information content (AvgIpc) is 2.54. The number of hydrogen-bond acceptors (Lipinski definition) is 7. The number of rotatable bonds is 11. The molecule has 0 rings (SSSR count). The van der Waals surface area contributed by atoms with Crippen LogP contribution in [0.1, 0.15) is 27.2 Å². The summed E-state index contributed by atoms with van der Waals surface area (Å²) in [7, 11) is 0. The predicted molar refractivity (Wildman–Crippen MR) is 91.3 cm³/mol. The number of nitrogens with one attached hydrogen (secondary N) is 3. The molecule has 0 saturated heterocycles. The lowest BCUT2D eigenvalue weighted by molar-refractivity contribution is -0.147. The van der Waals surface area contributed by atoms with Crippen molar-refractivity contribution < 1.29 is 39.3 Å². The molecular weight excluding hydrogens is 364 g/mol. The Morgan fingerprint density at radius 1 is 0.963 bits per heavy atom. The number of carbonyl (C=O) groups excluding carboxylic acids is 3. The maximum Gasteiger partial charge on any atom is 0.326 e. The van der Waals surface area contributed by atoms with Crippen LogP contribution in [0.2, 0.25) is 0 Å². The van der Waals surface area contributed by atoms with Gasteiger partial charge in [-0.05, 0) is 12.8 Å². The number of carboxylic acids is 2. The van der Waals surface area contributed by atoms with E-state index in [4.69, 9.17) is 15.9 Å². The van der Waals surface area contributed by atoms with Gasteiger partial charge in [-0.2, -0.15) is 0 Å². The standard InChI is InChI=1S/C15H26N4O8/c1-6(2)12(19-13(24)11(16)7(3)20)14(25)17-5-9(21)18-8(15(26)27)4-10(22)23/h6-8,11-12,20H,4-5,16H2,1-3H3,(H,17,25)(H,18,21)(H,19,24)(H,22,23)(H,26,27). The maximum atomic E-state index is 12.2. The van der Waals surface area contributed by atoms with Gasteiger partial charge in [-0.25, -0.2) is 4.79 Å². The van der Waals surface area contributed by atoms with E-state index in [9.17, 15) is 29.1 Å². The molecule has 0 aliphatic heterocycles. The molecule has 8 N–H and O–H groups in total. The molecule has 0 aliphatic carbocycles. The molecule has 0 aromatic rings. The maximum absolute atomic E-state index is 12.2. The number of amides is 3. The number of aliphatic hydroxyl groups is 1. The summed E-state index contributed by atoms with van der Waals surface area (Å²) in [6.45, 7) is 3.95. The van der Waals surface area contributed by atoms with Crippen molar-refractivity contribution in [2.45, 2.75) is 51.4 Å². The lowest BCUT2D eigenvalue weighted by atomic mass is 10.0. The highest BCUT2D eigenvalue weighted by atomic mass is 16.4. The Hall–Kier alpha value is -2.73. The number of nitrogens with two attached hydrogens (primary N) is 1. The van der Waals surface area contributed by atoms with Crippen LogP contribution in [0.5, 0.6) is 0 Å². The van der Waals surface area contributed by atoms with Crippen LogP contribution < -0.4 is 21.7 Å². The molecule has 27 heavy (non-hydrogen) atoms. The number of carbonyl (C=O) groups is 5. The summed E-state index contributed by atoms with van der Waals surface area (Å²) in [6, 6.07) is -3.93. The number of hydrogen-bond donors (Lipinski definition) is 7. The third kappa shape index (κ3) is 8.96. The Kier molecular flexibility index (Phi) is 9.96. The summed E-state index contributed by atoms with van der Waals surface area (Å²) in [5, 5.41) is 33.4. The van der Waals surface area contributed by atoms with E-state index in [0.29, 0.717) is 0 Å². The second kappa shape index (κ2) is 11.1.